The summed E-state index contributed by atoms with van der Waals surface area (Å²) in [5.41, 5.74) is 3.83. The Morgan fingerprint density at radius 3 is 2.50 bits per heavy atom. The molecule has 0 aliphatic heterocycles. The van der Waals surface area contributed by atoms with E-state index in [0.717, 1.165) is 0 Å². The van der Waals surface area contributed by atoms with Crippen molar-refractivity contribution < 1.29 is 0 Å². The van der Waals surface area contributed by atoms with Gasteiger partial charge in [-0.25, -0.2) is 0 Å². The zero-order chi connectivity index (χ0) is 13.5. The first-order valence-corrected chi connectivity index (χ1v) is 7.47. The molecule has 2 aromatic carbocycles. The number of thiophene rings is 1. The molecule has 96 valence electrons. The molecule has 4 rings (SSSR count). The first kappa shape index (κ1) is 11.6. The largest absolute Gasteiger partial charge is 0.265 e. The van der Waals surface area contributed by atoms with Crippen LogP contribution >= 0.6 is 11.3 Å². The second-order valence-electron chi connectivity index (χ2n) is 5.00. The number of hydrogen-bond acceptors (Lipinski definition) is 2. The van der Waals surface area contributed by atoms with Gasteiger partial charge in [0, 0.05) is 32.6 Å². The summed E-state index contributed by atoms with van der Waals surface area (Å²) in [6.45, 7) is 2.20. The predicted molar refractivity (Wildman–Crippen MR) is 87.3 cm³/mol. The van der Waals surface area contributed by atoms with Gasteiger partial charge in [-0.1, -0.05) is 18.2 Å². The van der Waals surface area contributed by atoms with Gasteiger partial charge < -0.3 is 0 Å². The molecule has 0 bridgehead atoms. The van der Waals surface area contributed by atoms with Crippen LogP contribution in [0.1, 0.15) is 5.56 Å². The molecule has 0 spiro atoms. The fourth-order valence-electron chi connectivity index (χ4n) is 2.71. The molecule has 2 heterocycles. The topological polar surface area (TPSA) is 12.9 Å². The third-order valence-electron chi connectivity index (χ3n) is 3.68. The first-order valence-electron chi connectivity index (χ1n) is 6.65. The number of aromatic nitrogens is 1. The molecule has 20 heavy (non-hydrogen) atoms. The highest BCUT2D eigenvalue weighted by Crippen LogP contribution is 2.38. The second-order valence-corrected chi connectivity index (χ2v) is 6.06. The monoisotopic (exact) mass is 275 g/mol. The van der Waals surface area contributed by atoms with Gasteiger partial charge in [-0.3, -0.25) is 4.98 Å². The molecule has 0 aliphatic rings. The Morgan fingerprint density at radius 1 is 0.850 bits per heavy atom. The average molecular weight is 275 g/mol. The second kappa shape index (κ2) is 4.43. The standard InChI is InChI=1S/C18H13NS/c1-12-10-14(13-6-8-19-9-7-13)11-16-15-4-2-3-5-17(15)20-18(12)16/h2-11H,1H3. The van der Waals surface area contributed by atoms with Gasteiger partial charge >= 0.3 is 0 Å². The molecule has 0 saturated heterocycles. The Bertz CT molecular complexity index is 907. The van der Waals surface area contributed by atoms with Crippen molar-refractivity contribution in [3.8, 4) is 11.1 Å². The Morgan fingerprint density at radius 2 is 1.65 bits per heavy atom. The fraction of sp³-hybridized carbons (Fsp3) is 0.0556. The van der Waals surface area contributed by atoms with Gasteiger partial charge in [0.15, 0.2) is 0 Å². The lowest BCUT2D eigenvalue weighted by Crippen LogP contribution is -1.81. The number of nitrogens with zero attached hydrogens (tertiary/aromatic N) is 1. The maximum Gasteiger partial charge on any atom is 0.0385 e. The summed E-state index contributed by atoms with van der Waals surface area (Å²) in [5.74, 6) is 0. The van der Waals surface area contributed by atoms with E-state index in [1.54, 1.807) is 0 Å². The van der Waals surface area contributed by atoms with E-state index in [4.69, 9.17) is 0 Å². The predicted octanol–water partition coefficient (Wildman–Crippen LogP) is 5.42. The maximum atomic E-state index is 4.10. The molecule has 0 saturated carbocycles. The van der Waals surface area contributed by atoms with Gasteiger partial charge in [0.2, 0.25) is 0 Å². The molecule has 0 aliphatic carbocycles. The van der Waals surface area contributed by atoms with Crippen LogP contribution in [-0.2, 0) is 0 Å². The molecule has 0 radical (unpaired) electrons. The van der Waals surface area contributed by atoms with E-state index in [1.165, 1.54) is 36.9 Å². The van der Waals surface area contributed by atoms with Gasteiger partial charge in [-0.2, -0.15) is 0 Å². The molecule has 2 heteroatoms. The molecule has 0 fully saturated rings. The van der Waals surface area contributed by atoms with Crippen LogP contribution in [-0.4, -0.2) is 4.98 Å². The van der Waals surface area contributed by atoms with Crippen molar-refractivity contribution in [1.29, 1.82) is 0 Å². The average Bonchev–Trinajstić information content (AvgIpc) is 2.88. The molecule has 0 amide bonds. The summed E-state index contributed by atoms with van der Waals surface area (Å²) in [6.07, 6.45) is 3.70. The van der Waals surface area contributed by atoms with Crippen LogP contribution in [0.5, 0.6) is 0 Å². The van der Waals surface area contributed by atoms with E-state index in [-0.39, 0.29) is 0 Å². The van der Waals surface area contributed by atoms with E-state index in [2.05, 4.69) is 60.4 Å². The van der Waals surface area contributed by atoms with Crippen molar-refractivity contribution >= 4 is 31.5 Å². The van der Waals surface area contributed by atoms with E-state index in [1.807, 2.05) is 23.7 Å². The minimum Gasteiger partial charge on any atom is -0.265 e. The Balaban J connectivity index is 2.08. The Hall–Kier alpha value is -2.19. The summed E-state index contributed by atoms with van der Waals surface area (Å²) in [7, 11) is 0. The van der Waals surface area contributed by atoms with Crippen molar-refractivity contribution in [2.75, 3.05) is 0 Å². The summed E-state index contributed by atoms with van der Waals surface area (Å²) >= 11 is 1.88. The van der Waals surface area contributed by atoms with Crippen LogP contribution in [0.4, 0.5) is 0 Å². The highest BCUT2D eigenvalue weighted by atomic mass is 32.1. The Kier molecular flexibility index (Phi) is 2.57. The molecule has 2 aromatic heterocycles. The van der Waals surface area contributed by atoms with Gasteiger partial charge in [0.1, 0.15) is 0 Å². The quantitative estimate of drug-likeness (QED) is 0.451. The number of hydrogen-bond donors (Lipinski definition) is 0. The van der Waals surface area contributed by atoms with Gasteiger partial charge in [0.25, 0.3) is 0 Å². The van der Waals surface area contributed by atoms with Crippen molar-refractivity contribution in [2.45, 2.75) is 6.92 Å². The minimum atomic E-state index is 1.22. The van der Waals surface area contributed by atoms with Crippen LogP contribution in [0.2, 0.25) is 0 Å². The molecular formula is C18H13NS. The van der Waals surface area contributed by atoms with E-state index < -0.39 is 0 Å². The van der Waals surface area contributed by atoms with E-state index in [9.17, 15) is 0 Å². The molecule has 0 N–H and O–H groups in total. The van der Waals surface area contributed by atoms with Gasteiger partial charge in [-0.05, 0) is 53.9 Å². The third-order valence-corrected chi connectivity index (χ3v) is 5.00. The molecular weight excluding hydrogens is 262 g/mol. The number of aryl methyl sites for hydroxylation is 1. The summed E-state index contributed by atoms with van der Waals surface area (Å²) < 4.78 is 2.75. The zero-order valence-electron chi connectivity index (χ0n) is 11.1. The van der Waals surface area contributed by atoms with Crippen LogP contribution in [0.15, 0.2) is 60.9 Å². The van der Waals surface area contributed by atoms with Crippen LogP contribution in [0, 0.1) is 6.92 Å². The van der Waals surface area contributed by atoms with Gasteiger partial charge in [0.05, 0.1) is 0 Å². The molecule has 0 atom stereocenters. The highest BCUT2D eigenvalue weighted by Gasteiger charge is 2.09. The number of rotatable bonds is 1. The number of benzene rings is 2. The van der Waals surface area contributed by atoms with Crippen molar-refractivity contribution in [2.24, 2.45) is 0 Å². The first-order chi connectivity index (χ1) is 9.83. The lowest BCUT2D eigenvalue weighted by molar-refractivity contribution is 1.33. The Labute approximate surface area is 121 Å². The van der Waals surface area contributed by atoms with Gasteiger partial charge in [-0.15, -0.1) is 11.3 Å². The summed E-state index contributed by atoms with van der Waals surface area (Å²) in [4.78, 5) is 4.10. The zero-order valence-corrected chi connectivity index (χ0v) is 11.9. The molecule has 4 aromatic rings. The van der Waals surface area contributed by atoms with E-state index in [0.29, 0.717) is 0 Å². The molecule has 1 nitrogen and oxygen atoms in total. The maximum absolute atomic E-state index is 4.10. The smallest absolute Gasteiger partial charge is 0.0385 e. The summed E-state index contributed by atoms with van der Waals surface area (Å²) in [5, 5.41) is 2.71. The third kappa shape index (κ3) is 1.73. The SMILES string of the molecule is Cc1cc(-c2ccncc2)cc2c1sc1ccccc12. The highest BCUT2D eigenvalue weighted by molar-refractivity contribution is 7.26. The van der Waals surface area contributed by atoms with Crippen molar-refractivity contribution in [3.63, 3.8) is 0 Å². The molecule has 0 unspecified atom stereocenters. The summed E-state index contributed by atoms with van der Waals surface area (Å²) in [6, 6.07) is 17.3. The van der Waals surface area contributed by atoms with Crippen LogP contribution in [0.25, 0.3) is 31.3 Å². The van der Waals surface area contributed by atoms with E-state index >= 15 is 0 Å². The number of fused-ring (bicyclic) bond motifs is 3. The normalized spacial score (nSPS) is 11.2. The lowest BCUT2D eigenvalue weighted by Gasteiger charge is -2.04. The number of pyridine rings is 1. The van der Waals surface area contributed by atoms with Crippen LogP contribution in [0.3, 0.4) is 0 Å². The minimum absolute atomic E-state index is 1.22. The van der Waals surface area contributed by atoms with Crippen LogP contribution < -0.4 is 0 Å². The van der Waals surface area contributed by atoms with Crippen molar-refractivity contribution in [3.05, 3.63) is 66.5 Å². The fourth-order valence-corrected chi connectivity index (χ4v) is 3.86. The lowest BCUT2D eigenvalue weighted by atomic mass is 10.0. The van der Waals surface area contributed by atoms with Crippen molar-refractivity contribution in [1.82, 2.24) is 4.98 Å².